The molecular formula is C7H10N4. The van der Waals surface area contributed by atoms with Crippen molar-refractivity contribution in [3.63, 3.8) is 0 Å². The van der Waals surface area contributed by atoms with E-state index in [1.165, 1.54) is 6.08 Å². The van der Waals surface area contributed by atoms with Crippen LogP contribution < -0.4 is 0 Å². The first-order chi connectivity index (χ1) is 5.35. The molecule has 0 spiro atoms. The van der Waals surface area contributed by atoms with Crippen LogP contribution in [0.5, 0.6) is 0 Å². The standard InChI is InChI=1S/C7H10N4/c1-2-4-7(10-11-9)5-3-6-8/h3,5,7H,2,4H2,1H3/b5-3+/t7-/m1/s1. The summed E-state index contributed by atoms with van der Waals surface area (Å²) in [6, 6.07) is 1.69. The van der Waals surface area contributed by atoms with Gasteiger partial charge in [0.2, 0.25) is 0 Å². The molecule has 0 N–H and O–H groups in total. The fourth-order valence-corrected chi connectivity index (χ4v) is 0.709. The van der Waals surface area contributed by atoms with Gasteiger partial charge in [-0.1, -0.05) is 24.5 Å². The number of azide groups is 1. The van der Waals surface area contributed by atoms with E-state index in [1.54, 1.807) is 6.08 Å². The predicted octanol–water partition coefficient (Wildman–Crippen LogP) is 2.55. The Kier molecular flexibility index (Phi) is 5.77. The Morgan fingerprint density at radius 2 is 2.55 bits per heavy atom. The summed E-state index contributed by atoms with van der Waals surface area (Å²) in [4.78, 5) is 2.67. The zero-order valence-corrected chi connectivity index (χ0v) is 6.44. The summed E-state index contributed by atoms with van der Waals surface area (Å²) in [6.45, 7) is 2.00. The topological polar surface area (TPSA) is 72.5 Å². The van der Waals surface area contributed by atoms with Crippen LogP contribution in [0.15, 0.2) is 17.3 Å². The zero-order valence-electron chi connectivity index (χ0n) is 6.44. The van der Waals surface area contributed by atoms with Crippen molar-refractivity contribution in [3.05, 3.63) is 22.6 Å². The van der Waals surface area contributed by atoms with Crippen molar-refractivity contribution < 1.29 is 0 Å². The summed E-state index contributed by atoms with van der Waals surface area (Å²) in [7, 11) is 0. The lowest BCUT2D eigenvalue weighted by atomic mass is 10.2. The smallest absolute Gasteiger partial charge is 0.0908 e. The Hall–Kier alpha value is -1.46. The van der Waals surface area contributed by atoms with E-state index in [9.17, 15) is 0 Å². The highest BCUT2D eigenvalue weighted by Gasteiger charge is 1.97. The molecule has 0 aromatic heterocycles. The second-order valence-corrected chi connectivity index (χ2v) is 2.05. The van der Waals surface area contributed by atoms with Crippen LogP contribution in [0.3, 0.4) is 0 Å². The number of hydrogen-bond donors (Lipinski definition) is 0. The molecule has 4 nitrogen and oxygen atoms in total. The van der Waals surface area contributed by atoms with Crippen LogP contribution in [0.1, 0.15) is 19.8 Å². The molecule has 0 aromatic carbocycles. The molecule has 58 valence electrons. The van der Waals surface area contributed by atoms with Crippen molar-refractivity contribution >= 4 is 0 Å². The number of hydrogen-bond acceptors (Lipinski definition) is 2. The van der Waals surface area contributed by atoms with E-state index < -0.39 is 0 Å². The van der Waals surface area contributed by atoms with Crippen LogP contribution in [0.2, 0.25) is 0 Å². The van der Waals surface area contributed by atoms with Crippen molar-refractivity contribution in [2.45, 2.75) is 25.8 Å². The molecule has 0 rings (SSSR count). The van der Waals surface area contributed by atoms with Crippen molar-refractivity contribution in [1.82, 2.24) is 0 Å². The molecule has 0 aliphatic heterocycles. The summed E-state index contributed by atoms with van der Waals surface area (Å²) >= 11 is 0. The summed E-state index contributed by atoms with van der Waals surface area (Å²) in [5.74, 6) is 0. The lowest BCUT2D eigenvalue weighted by Gasteiger charge is -1.99. The largest absolute Gasteiger partial charge is 0.193 e. The van der Waals surface area contributed by atoms with E-state index in [0.717, 1.165) is 12.8 Å². The Labute approximate surface area is 65.8 Å². The molecule has 0 heterocycles. The highest BCUT2D eigenvalue weighted by molar-refractivity contribution is 5.06. The molecule has 0 bridgehead atoms. The summed E-state index contributed by atoms with van der Waals surface area (Å²) < 4.78 is 0. The lowest BCUT2D eigenvalue weighted by molar-refractivity contribution is 0.699. The van der Waals surface area contributed by atoms with Crippen molar-refractivity contribution in [2.24, 2.45) is 5.11 Å². The minimum atomic E-state index is -0.162. The molecule has 0 saturated heterocycles. The average Bonchev–Trinajstić information content (AvgIpc) is 2.01. The van der Waals surface area contributed by atoms with Crippen LogP contribution in [0, 0.1) is 11.3 Å². The first-order valence-corrected chi connectivity index (χ1v) is 3.45. The van der Waals surface area contributed by atoms with Crippen LogP contribution in [-0.2, 0) is 0 Å². The molecular weight excluding hydrogens is 140 g/mol. The fraction of sp³-hybridized carbons (Fsp3) is 0.571. The number of rotatable bonds is 4. The van der Waals surface area contributed by atoms with Crippen molar-refractivity contribution in [1.29, 1.82) is 5.26 Å². The Balaban J connectivity index is 4.00. The lowest BCUT2D eigenvalue weighted by Crippen LogP contribution is -1.96. The maximum Gasteiger partial charge on any atom is 0.0908 e. The third-order valence-corrected chi connectivity index (χ3v) is 1.18. The molecule has 0 unspecified atom stereocenters. The van der Waals surface area contributed by atoms with Crippen LogP contribution in [-0.4, -0.2) is 6.04 Å². The van der Waals surface area contributed by atoms with E-state index in [1.807, 2.05) is 13.0 Å². The molecule has 0 amide bonds. The summed E-state index contributed by atoms with van der Waals surface area (Å²) in [5.41, 5.74) is 8.10. The third-order valence-electron chi connectivity index (χ3n) is 1.18. The van der Waals surface area contributed by atoms with Gasteiger partial charge in [-0.25, -0.2) is 0 Å². The van der Waals surface area contributed by atoms with Crippen LogP contribution >= 0.6 is 0 Å². The predicted molar refractivity (Wildman–Crippen MR) is 42.6 cm³/mol. The second-order valence-electron chi connectivity index (χ2n) is 2.05. The molecule has 0 saturated carbocycles. The first kappa shape index (κ1) is 9.54. The molecule has 0 radical (unpaired) electrons. The number of nitrogens with zero attached hydrogens (tertiary/aromatic N) is 4. The van der Waals surface area contributed by atoms with E-state index in [-0.39, 0.29) is 6.04 Å². The Morgan fingerprint density at radius 1 is 1.82 bits per heavy atom. The summed E-state index contributed by atoms with van der Waals surface area (Å²) in [5, 5.41) is 11.7. The van der Waals surface area contributed by atoms with Gasteiger partial charge in [-0.3, -0.25) is 0 Å². The van der Waals surface area contributed by atoms with Gasteiger partial charge in [-0.2, -0.15) is 5.26 Å². The first-order valence-electron chi connectivity index (χ1n) is 3.45. The molecule has 0 fully saturated rings. The monoisotopic (exact) mass is 150 g/mol. The maximum atomic E-state index is 8.18. The van der Waals surface area contributed by atoms with Gasteiger partial charge in [0.25, 0.3) is 0 Å². The highest BCUT2D eigenvalue weighted by atomic mass is 15.1. The SMILES string of the molecule is CCC[C@H](/C=C/C#N)N=[N+]=[N-]. The van der Waals surface area contributed by atoms with E-state index in [0.29, 0.717) is 0 Å². The second kappa shape index (κ2) is 6.66. The Morgan fingerprint density at radius 3 is 3.00 bits per heavy atom. The quantitative estimate of drug-likeness (QED) is 0.262. The molecule has 1 atom stereocenters. The van der Waals surface area contributed by atoms with E-state index >= 15 is 0 Å². The normalized spacial score (nSPS) is 12.0. The van der Waals surface area contributed by atoms with Gasteiger partial charge >= 0.3 is 0 Å². The van der Waals surface area contributed by atoms with E-state index in [2.05, 4.69) is 10.0 Å². The average molecular weight is 150 g/mol. The van der Waals surface area contributed by atoms with Crippen molar-refractivity contribution in [2.75, 3.05) is 0 Å². The molecule has 0 aliphatic rings. The van der Waals surface area contributed by atoms with Gasteiger partial charge in [-0.05, 0) is 12.0 Å². The number of allylic oxidation sites excluding steroid dienone is 1. The molecule has 4 heteroatoms. The van der Waals surface area contributed by atoms with Gasteiger partial charge in [0, 0.05) is 11.0 Å². The minimum absolute atomic E-state index is 0.162. The minimum Gasteiger partial charge on any atom is -0.193 e. The van der Waals surface area contributed by atoms with Crippen LogP contribution in [0.4, 0.5) is 0 Å². The highest BCUT2D eigenvalue weighted by Crippen LogP contribution is 2.03. The van der Waals surface area contributed by atoms with Gasteiger partial charge < -0.3 is 0 Å². The summed E-state index contributed by atoms with van der Waals surface area (Å²) in [6.07, 6.45) is 4.69. The molecule has 11 heavy (non-hydrogen) atoms. The molecule has 0 aliphatic carbocycles. The van der Waals surface area contributed by atoms with Crippen LogP contribution in [0.25, 0.3) is 10.4 Å². The third kappa shape index (κ3) is 5.01. The van der Waals surface area contributed by atoms with Crippen molar-refractivity contribution in [3.8, 4) is 6.07 Å². The zero-order chi connectivity index (χ0) is 8.53. The van der Waals surface area contributed by atoms with Gasteiger partial charge in [0.15, 0.2) is 0 Å². The van der Waals surface area contributed by atoms with Gasteiger partial charge in [0.05, 0.1) is 12.1 Å². The Bertz CT molecular complexity index is 207. The van der Waals surface area contributed by atoms with Gasteiger partial charge in [0.1, 0.15) is 0 Å². The van der Waals surface area contributed by atoms with E-state index in [4.69, 9.17) is 10.8 Å². The fourth-order valence-electron chi connectivity index (χ4n) is 0.709. The maximum absolute atomic E-state index is 8.18. The van der Waals surface area contributed by atoms with Gasteiger partial charge in [-0.15, -0.1) is 0 Å². The number of nitriles is 1. The molecule has 0 aromatic rings.